The number of non-ortho nitro benzene ring substituents is 1. The molecular weight excluding hydrogens is 290 g/mol. The van der Waals surface area contributed by atoms with Gasteiger partial charge in [-0.05, 0) is 17.7 Å². The van der Waals surface area contributed by atoms with E-state index in [1.54, 1.807) is 35.4 Å². The number of carbonyl (C=O) groups excluding carboxylic acids is 1. The molecule has 0 N–H and O–H groups in total. The molecule has 1 atom stereocenters. The van der Waals surface area contributed by atoms with Crippen LogP contribution in [0.1, 0.15) is 10.9 Å². The molecule has 7 heteroatoms. The molecule has 1 saturated heterocycles. The number of nitro groups is 1. The molecule has 1 aromatic carbocycles. The van der Waals surface area contributed by atoms with Crippen LogP contribution in [0.4, 0.5) is 11.5 Å². The molecule has 1 aromatic heterocycles. The van der Waals surface area contributed by atoms with Crippen molar-refractivity contribution in [1.29, 1.82) is 0 Å². The number of hydrogen-bond donors (Lipinski definition) is 0. The van der Waals surface area contributed by atoms with Gasteiger partial charge in [-0.25, -0.2) is 4.98 Å². The van der Waals surface area contributed by atoms with E-state index < -0.39 is 4.92 Å². The van der Waals surface area contributed by atoms with E-state index >= 15 is 0 Å². The van der Waals surface area contributed by atoms with Crippen LogP contribution in [0.25, 0.3) is 0 Å². The van der Waals surface area contributed by atoms with E-state index in [1.807, 2.05) is 6.07 Å². The van der Waals surface area contributed by atoms with Crippen LogP contribution >= 0.6 is 11.8 Å². The molecule has 1 aliphatic heterocycles. The number of aromatic nitrogens is 1. The van der Waals surface area contributed by atoms with Crippen LogP contribution in [0, 0.1) is 10.1 Å². The second kappa shape index (κ2) is 5.53. The number of benzene rings is 1. The third-order valence-electron chi connectivity index (χ3n) is 3.13. The lowest BCUT2D eigenvalue weighted by Crippen LogP contribution is -2.28. The largest absolute Gasteiger partial charge is 0.279 e. The zero-order valence-corrected chi connectivity index (χ0v) is 11.7. The number of amides is 1. The number of hydrogen-bond acceptors (Lipinski definition) is 5. The van der Waals surface area contributed by atoms with E-state index in [9.17, 15) is 14.9 Å². The van der Waals surface area contributed by atoms with Gasteiger partial charge in [-0.1, -0.05) is 18.2 Å². The van der Waals surface area contributed by atoms with Gasteiger partial charge >= 0.3 is 0 Å². The Kier molecular flexibility index (Phi) is 3.57. The minimum Gasteiger partial charge on any atom is -0.279 e. The number of anilines is 1. The lowest BCUT2D eigenvalue weighted by Gasteiger charge is -2.22. The Hall–Kier alpha value is -2.41. The van der Waals surface area contributed by atoms with E-state index in [2.05, 4.69) is 4.98 Å². The zero-order valence-electron chi connectivity index (χ0n) is 10.9. The van der Waals surface area contributed by atoms with Crippen LogP contribution in [0.15, 0.2) is 48.7 Å². The van der Waals surface area contributed by atoms with Gasteiger partial charge in [0, 0.05) is 18.3 Å². The third-order valence-corrected chi connectivity index (χ3v) is 4.34. The average Bonchev–Trinajstić information content (AvgIpc) is 2.90. The monoisotopic (exact) mass is 301 g/mol. The number of thioether (sulfide) groups is 1. The van der Waals surface area contributed by atoms with Gasteiger partial charge in [0.05, 0.1) is 10.7 Å². The lowest BCUT2D eigenvalue weighted by molar-refractivity contribution is -0.384. The first-order chi connectivity index (χ1) is 10.2. The average molecular weight is 301 g/mol. The topological polar surface area (TPSA) is 76.3 Å². The molecule has 3 rings (SSSR count). The highest BCUT2D eigenvalue weighted by molar-refractivity contribution is 8.00. The van der Waals surface area contributed by atoms with Crippen LogP contribution in [0.2, 0.25) is 0 Å². The number of rotatable bonds is 3. The molecule has 1 aliphatic rings. The lowest BCUT2D eigenvalue weighted by atomic mass is 10.2. The molecule has 0 radical (unpaired) electrons. The number of pyridine rings is 1. The van der Waals surface area contributed by atoms with Crippen LogP contribution in [-0.4, -0.2) is 21.6 Å². The van der Waals surface area contributed by atoms with Gasteiger partial charge in [-0.3, -0.25) is 19.8 Å². The molecule has 0 aliphatic carbocycles. The van der Waals surface area contributed by atoms with E-state index in [1.165, 1.54) is 23.9 Å². The zero-order chi connectivity index (χ0) is 14.8. The van der Waals surface area contributed by atoms with E-state index in [0.717, 1.165) is 5.56 Å². The minimum atomic E-state index is -0.434. The van der Waals surface area contributed by atoms with Crippen molar-refractivity contribution in [2.24, 2.45) is 0 Å². The smallest absolute Gasteiger partial charge is 0.269 e. The standard InChI is InChI=1S/C14H11N3O3S/c18-13-9-21-14(16(13)12-6-1-2-7-15-12)10-4-3-5-11(8-10)17(19)20/h1-8,14H,9H2/t14-/m0/s1. The summed E-state index contributed by atoms with van der Waals surface area (Å²) in [5.41, 5.74) is 0.749. The molecule has 2 heterocycles. The molecule has 0 saturated carbocycles. The highest BCUT2D eigenvalue weighted by Gasteiger charge is 2.35. The third kappa shape index (κ3) is 2.59. The van der Waals surface area contributed by atoms with Gasteiger partial charge in [-0.15, -0.1) is 11.8 Å². The Bertz CT molecular complexity index is 693. The molecule has 106 valence electrons. The summed E-state index contributed by atoms with van der Waals surface area (Å²) < 4.78 is 0. The Morgan fingerprint density at radius 1 is 1.29 bits per heavy atom. The maximum atomic E-state index is 12.1. The van der Waals surface area contributed by atoms with E-state index in [0.29, 0.717) is 11.6 Å². The second-order valence-electron chi connectivity index (χ2n) is 4.47. The van der Waals surface area contributed by atoms with Gasteiger partial charge in [0.1, 0.15) is 11.2 Å². The Morgan fingerprint density at radius 2 is 2.14 bits per heavy atom. The molecular formula is C14H11N3O3S. The highest BCUT2D eigenvalue weighted by atomic mass is 32.2. The number of nitrogens with zero attached hydrogens (tertiary/aromatic N) is 3. The van der Waals surface area contributed by atoms with Crippen molar-refractivity contribution in [2.45, 2.75) is 5.37 Å². The predicted octanol–water partition coefficient (Wildman–Crippen LogP) is 2.77. The predicted molar refractivity (Wildman–Crippen MR) is 80.0 cm³/mol. The fourth-order valence-electron chi connectivity index (χ4n) is 2.21. The molecule has 1 amide bonds. The second-order valence-corrected chi connectivity index (χ2v) is 5.54. The SMILES string of the molecule is O=C1CS[C@@H](c2cccc([N+](=O)[O-])c2)N1c1ccccn1. The summed E-state index contributed by atoms with van der Waals surface area (Å²) in [7, 11) is 0. The van der Waals surface area contributed by atoms with Gasteiger partial charge in [0.15, 0.2) is 0 Å². The molecule has 0 bridgehead atoms. The van der Waals surface area contributed by atoms with Gasteiger partial charge in [0.25, 0.3) is 5.69 Å². The van der Waals surface area contributed by atoms with Crippen molar-refractivity contribution in [3.63, 3.8) is 0 Å². The fraction of sp³-hybridized carbons (Fsp3) is 0.143. The van der Waals surface area contributed by atoms with Crippen LogP contribution < -0.4 is 4.90 Å². The van der Waals surface area contributed by atoms with E-state index in [-0.39, 0.29) is 17.0 Å². The van der Waals surface area contributed by atoms with Crippen LogP contribution in [0.3, 0.4) is 0 Å². The first kappa shape index (κ1) is 13.6. The summed E-state index contributed by atoms with van der Waals surface area (Å²) in [5.74, 6) is 0.850. The van der Waals surface area contributed by atoms with Crippen LogP contribution in [0.5, 0.6) is 0 Å². The Balaban J connectivity index is 1.99. The first-order valence-electron chi connectivity index (χ1n) is 6.26. The van der Waals surface area contributed by atoms with Crippen molar-refractivity contribution in [3.8, 4) is 0 Å². The summed E-state index contributed by atoms with van der Waals surface area (Å²) in [6.07, 6.45) is 1.62. The summed E-state index contributed by atoms with van der Waals surface area (Å²) in [6.45, 7) is 0. The molecule has 1 fully saturated rings. The first-order valence-corrected chi connectivity index (χ1v) is 7.31. The van der Waals surface area contributed by atoms with Crippen molar-refractivity contribution in [2.75, 3.05) is 10.7 Å². The van der Waals surface area contributed by atoms with Crippen molar-refractivity contribution in [1.82, 2.24) is 4.98 Å². The van der Waals surface area contributed by atoms with Gasteiger partial charge in [0.2, 0.25) is 5.91 Å². The Morgan fingerprint density at radius 3 is 2.86 bits per heavy atom. The summed E-state index contributed by atoms with van der Waals surface area (Å²) in [6, 6.07) is 11.7. The highest BCUT2D eigenvalue weighted by Crippen LogP contribution is 2.41. The maximum absolute atomic E-state index is 12.1. The van der Waals surface area contributed by atoms with Crippen molar-refractivity contribution < 1.29 is 9.72 Å². The normalized spacial score (nSPS) is 18.0. The molecule has 21 heavy (non-hydrogen) atoms. The number of carbonyl (C=O) groups is 1. The maximum Gasteiger partial charge on any atom is 0.269 e. The summed E-state index contributed by atoms with van der Waals surface area (Å²) in [5, 5.41) is 10.6. The van der Waals surface area contributed by atoms with Crippen molar-refractivity contribution >= 4 is 29.2 Å². The van der Waals surface area contributed by atoms with Gasteiger partial charge < -0.3 is 0 Å². The fourth-order valence-corrected chi connectivity index (χ4v) is 3.36. The number of nitro benzene ring substituents is 1. The van der Waals surface area contributed by atoms with E-state index in [4.69, 9.17) is 0 Å². The molecule has 0 unspecified atom stereocenters. The van der Waals surface area contributed by atoms with Crippen molar-refractivity contribution in [3.05, 3.63) is 64.3 Å². The quantitative estimate of drug-likeness (QED) is 0.643. The van der Waals surface area contributed by atoms with Crippen LogP contribution in [-0.2, 0) is 4.79 Å². The summed E-state index contributed by atoms with van der Waals surface area (Å²) >= 11 is 1.44. The Labute approximate surface area is 124 Å². The molecule has 6 nitrogen and oxygen atoms in total. The molecule has 2 aromatic rings. The summed E-state index contributed by atoms with van der Waals surface area (Å²) in [4.78, 5) is 28.4. The van der Waals surface area contributed by atoms with Gasteiger partial charge in [-0.2, -0.15) is 0 Å². The molecule has 0 spiro atoms. The minimum absolute atomic E-state index is 0.0217.